The average Bonchev–Trinajstić information content (AvgIpc) is 3.63. The van der Waals surface area contributed by atoms with Gasteiger partial charge in [0, 0.05) is 36.6 Å². The summed E-state index contributed by atoms with van der Waals surface area (Å²) in [6.45, 7) is 16.3. The SMILES string of the molecule is COC(=O)[C@H](CNC(=O)c1ccc(CCc2ccc3c(n2)N(C(=O)OC(C)(C)C)CCC3)s1)NS(=O)(=O)c1c(C)cc(OCCCC(=O)NCCCC(C)(C)C)cc1C. The van der Waals surface area contributed by atoms with Crippen LogP contribution in [0.1, 0.15) is 111 Å². The van der Waals surface area contributed by atoms with Crippen LogP contribution in [0.5, 0.6) is 5.75 Å². The van der Waals surface area contributed by atoms with E-state index in [1.807, 2.05) is 39.0 Å². The number of esters is 1. The number of nitrogens with zero attached hydrogens (tertiary/aromatic N) is 2. The molecule has 3 amide bonds. The number of hydrogen-bond donors (Lipinski definition) is 3. The zero-order valence-electron chi connectivity index (χ0n) is 35.9. The predicted octanol–water partition coefficient (Wildman–Crippen LogP) is 6.58. The van der Waals surface area contributed by atoms with E-state index in [-0.39, 0.29) is 29.4 Å². The van der Waals surface area contributed by atoms with Crippen LogP contribution in [-0.2, 0) is 48.3 Å². The molecule has 14 nitrogen and oxygen atoms in total. The minimum absolute atomic E-state index is 0.0198. The fraction of sp³-hybridized carbons (Fsp3) is 0.558. The van der Waals surface area contributed by atoms with Gasteiger partial charge in [-0.05, 0) is 132 Å². The summed E-state index contributed by atoms with van der Waals surface area (Å²) in [5, 5.41) is 5.61. The van der Waals surface area contributed by atoms with Crippen LogP contribution in [0.2, 0.25) is 0 Å². The Morgan fingerprint density at radius 3 is 2.32 bits per heavy atom. The lowest BCUT2D eigenvalue weighted by molar-refractivity contribution is -0.142. The normalized spacial score (nSPS) is 13.6. The van der Waals surface area contributed by atoms with Crippen LogP contribution in [0.4, 0.5) is 10.6 Å². The van der Waals surface area contributed by atoms with Crippen molar-refractivity contribution in [2.24, 2.45) is 5.41 Å². The lowest BCUT2D eigenvalue weighted by Crippen LogP contribution is -2.49. The molecule has 59 heavy (non-hydrogen) atoms. The summed E-state index contributed by atoms with van der Waals surface area (Å²) < 4.78 is 46.1. The van der Waals surface area contributed by atoms with E-state index >= 15 is 0 Å². The van der Waals surface area contributed by atoms with Gasteiger partial charge >= 0.3 is 12.1 Å². The third kappa shape index (κ3) is 14.6. The van der Waals surface area contributed by atoms with E-state index in [0.717, 1.165) is 48.9 Å². The van der Waals surface area contributed by atoms with Crippen molar-refractivity contribution >= 4 is 51.1 Å². The number of aromatic nitrogens is 1. The second-order valence-corrected chi connectivity index (χ2v) is 19.9. The first-order valence-corrected chi connectivity index (χ1v) is 22.4. The first-order valence-electron chi connectivity index (χ1n) is 20.1. The minimum atomic E-state index is -4.26. The minimum Gasteiger partial charge on any atom is -0.494 e. The fourth-order valence-corrected chi connectivity index (χ4v) is 9.18. The molecular formula is C43H61N5O9S2. The maximum Gasteiger partial charge on any atom is 0.416 e. The van der Waals surface area contributed by atoms with Gasteiger partial charge in [-0.1, -0.05) is 26.8 Å². The number of anilines is 1. The highest BCUT2D eigenvalue weighted by atomic mass is 32.2. The first-order chi connectivity index (χ1) is 27.7. The molecule has 0 fully saturated rings. The quantitative estimate of drug-likeness (QED) is 0.0934. The molecule has 0 spiro atoms. The lowest BCUT2D eigenvalue weighted by atomic mass is 9.91. The van der Waals surface area contributed by atoms with Crippen LogP contribution in [0.15, 0.2) is 41.3 Å². The van der Waals surface area contributed by atoms with Gasteiger partial charge in [-0.15, -0.1) is 11.3 Å². The average molecular weight is 856 g/mol. The number of sulfonamides is 1. The van der Waals surface area contributed by atoms with Gasteiger partial charge in [0.2, 0.25) is 15.9 Å². The Morgan fingerprint density at radius 2 is 1.66 bits per heavy atom. The summed E-state index contributed by atoms with van der Waals surface area (Å²) in [7, 11) is -3.12. The topological polar surface area (TPSA) is 182 Å². The zero-order chi connectivity index (χ0) is 43.5. The van der Waals surface area contributed by atoms with Crippen LogP contribution in [-0.4, -0.2) is 82.3 Å². The Bertz CT molecular complexity index is 2050. The lowest BCUT2D eigenvalue weighted by Gasteiger charge is -2.31. The van der Waals surface area contributed by atoms with Crippen LogP contribution < -0.4 is 25.0 Å². The Kier molecular flexibility index (Phi) is 16.5. The molecule has 2 aromatic heterocycles. The van der Waals surface area contributed by atoms with Crippen molar-refractivity contribution in [3.63, 3.8) is 0 Å². The van der Waals surface area contributed by atoms with Crippen molar-refractivity contribution in [1.29, 1.82) is 0 Å². The zero-order valence-corrected chi connectivity index (χ0v) is 37.5. The van der Waals surface area contributed by atoms with E-state index in [0.29, 0.717) is 66.3 Å². The number of rotatable bonds is 18. The number of thiophene rings is 1. The number of benzene rings is 1. The first kappa shape index (κ1) is 47.1. The van der Waals surface area contributed by atoms with E-state index in [1.54, 1.807) is 36.9 Å². The number of hydrogen-bond acceptors (Lipinski definition) is 11. The Balaban J connectivity index is 1.30. The summed E-state index contributed by atoms with van der Waals surface area (Å²) in [5.41, 5.74) is 2.19. The number of fused-ring (bicyclic) bond motifs is 1. The number of carbonyl (C=O) groups is 4. The summed E-state index contributed by atoms with van der Waals surface area (Å²) in [5.74, 6) is -0.295. The van der Waals surface area contributed by atoms with Gasteiger partial charge in [0.15, 0.2) is 0 Å². The molecule has 3 aromatic rings. The molecule has 3 N–H and O–H groups in total. The van der Waals surface area contributed by atoms with Crippen molar-refractivity contribution in [3.8, 4) is 5.75 Å². The molecular weight excluding hydrogens is 795 g/mol. The standard InChI is InChI=1S/C43H61N5O9S2/c1-28-25-32(56-24-11-14-36(49)44-22-12-21-42(3,4)5)26-29(2)37(28)59(53,54)47-34(40(51)55-9)27-45-39(50)35-20-19-33(58-35)18-17-31-16-15-30-13-10-23-48(38(30)46-31)41(52)57-43(6,7)8/h15-16,19-20,25-26,34,47H,10-14,17-18,21-24,27H2,1-9H3,(H,44,49)(H,45,50)/t34-/m0/s1. The Labute approximate surface area is 353 Å². The van der Waals surface area contributed by atoms with Crippen LogP contribution >= 0.6 is 11.3 Å². The van der Waals surface area contributed by atoms with E-state index in [1.165, 1.54) is 11.3 Å². The third-order valence-electron chi connectivity index (χ3n) is 9.42. The highest BCUT2D eigenvalue weighted by Gasteiger charge is 2.31. The number of pyridine rings is 1. The molecule has 3 heterocycles. The molecule has 1 aliphatic heterocycles. The van der Waals surface area contributed by atoms with Gasteiger partial charge in [0.05, 0.1) is 23.5 Å². The monoisotopic (exact) mass is 855 g/mol. The number of methoxy groups -OCH3 is 1. The van der Waals surface area contributed by atoms with Gasteiger partial charge in [-0.25, -0.2) is 18.2 Å². The fourth-order valence-electron chi connectivity index (χ4n) is 6.62. The summed E-state index contributed by atoms with van der Waals surface area (Å²) in [4.78, 5) is 58.8. The maximum atomic E-state index is 13.7. The summed E-state index contributed by atoms with van der Waals surface area (Å²) in [6.07, 6.45) is 5.15. The van der Waals surface area contributed by atoms with Gasteiger partial charge in [0.25, 0.3) is 5.91 Å². The Hall–Kier alpha value is -4.54. The molecule has 4 rings (SSSR count). The molecule has 0 unspecified atom stereocenters. The highest BCUT2D eigenvalue weighted by Crippen LogP contribution is 2.29. The van der Waals surface area contributed by atoms with Gasteiger partial charge in [-0.3, -0.25) is 19.3 Å². The van der Waals surface area contributed by atoms with Crippen LogP contribution in [0.25, 0.3) is 0 Å². The third-order valence-corrected chi connectivity index (χ3v) is 12.3. The molecule has 16 heteroatoms. The van der Waals surface area contributed by atoms with E-state index in [9.17, 15) is 27.6 Å². The van der Waals surface area contributed by atoms with Gasteiger partial charge < -0.3 is 24.8 Å². The van der Waals surface area contributed by atoms with Crippen molar-refractivity contribution in [2.45, 2.75) is 123 Å². The molecule has 0 saturated carbocycles. The number of ether oxygens (including phenoxy) is 3. The highest BCUT2D eigenvalue weighted by molar-refractivity contribution is 7.89. The number of amides is 3. The molecule has 0 radical (unpaired) electrons. The smallest absolute Gasteiger partial charge is 0.416 e. The molecule has 0 bridgehead atoms. The molecule has 1 atom stereocenters. The predicted molar refractivity (Wildman–Crippen MR) is 229 cm³/mol. The molecule has 1 aromatic carbocycles. The second kappa shape index (κ2) is 20.6. The Morgan fingerprint density at radius 1 is 0.949 bits per heavy atom. The maximum absolute atomic E-state index is 13.7. The van der Waals surface area contributed by atoms with Crippen molar-refractivity contribution in [1.82, 2.24) is 20.3 Å². The second-order valence-electron chi connectivity index (χ2n) is 17.0. The number of carbonyl (C=O) groups excluding carboxylic acids is 4. The number of aryl methyl sites for hydroxylation is 5. The number of nitrogens with one attached hydrogen (secondary N) is 3. The van der Waals surface area contributed by atoms with Gasteiger partial charge in [-0.2, -0.15) is 4.72 Å². The van der Waals surface area contributed by atoms with Crippen LogP contribution in [0.3, 0.4) is 0 Å². The van der Waals surface area contributed by atoms with Crippen molar-refractivity contribution in [2.75, 3.05) is 38.3 Å². The van der Waals surface area contributed by atoms with E-state index < -0.39 is 39.6 Å². The van der Waals surface area contributed by atoms with Gasteiger partial charge in [0.1, 0.15) is 23.2 Å². The molecule has 0 saturated heterocycles. The molecule has 0 aliphatic carbocycles. The van der Waals surface area contributed by atoms with E-state index in [2.05, 4.69) is 36.1 Å². The largest absolute Gasteiger partial charge is 0.494 e. The molecule has 324 valence electrons. The molecule has 1 aliphatic rings. The van der Waals surface area contributed by atoms with E-state index in [4.69, 9.17) is 19.2 Å². The van der Waals surface area contributed by atoms with Crippen molar-refractivity contribution in [3.05, 3.63) is 68.5 Å². The van der Waals surface area contributed by atoms with Crippen LogP contribution in [0, 0.1) is 19.3 Å². The summed E-state index contributed by atoms with van der Waals surface area (Å²) in [6, 6.07) is 9.27. The van der Waals surface area contributed by atoms with Crippen molar-refractivity contribution < 1.29 is 41.8 Å². The summed E-state index contributed by atoms with van der Waals surface area (Å²) >= 11 is 1.28.